The smallest absolute Gasteiger partial charge is 0.258 e. The van der Waals surface area contributed by atoms with Crippen molar-refractivity contribution >= 4 is 29.3 Å². The molecular formula is C23H17ClFN5O4. The number of nitriles is 1. The molecule has 1 aromatic heterocycles. The third kappa shape index (κ3) is 3.80. The molecule has 0 saturated heterocycles. The molecule has 0 bridgehead atoms. The van der Waals surface area contributed by atoms with E-state index in [2.05, 4.69) is 20.6 Å². The van der Waals surface area contributed by atoms with E-state index >= 15 is 0 Å². The van der Waals surface area contributed by atoms with Crippen LogP contribution in [0.4, 0.5) is 16.2 Å². The molecule has 3 N–H and O–H groups in total. The zero-order chi connectivity index (χ0) is 23.8. The van der Waals surface area contributed by atoms with Crippen molar-refractivity contribution in [1.29, 1.82) is 5.26 Å². The number of carbonyl (C=O) groups excluding carboxylic acids is 1. The van der Waals surface area contributed by atoms with Gasteiger partial charge in [-0.1, -0.05) is 23.7 Å². The maximum Gasteiger partial charge on any atom is 0.258 e. The largest absolute Gasteiger partial charge is 0.486 e. The van der Waals surface area contributed by atoms with Gasteiger partial charge in [0.1, 0.15) is 30.8 Å². The Balaban J connectivity index is 1.49. The topological polar surface area (TPSA) is 129 Å². The second-order valence-corrected chi connectivity index (χ2v) is 8.12. The minimum Gasteiger partial charge on any atom is -0.486 e. The number of H-pyrrole nitrogens is 1. The Labute approximate surface area is 197 Å². The molecular weight excluding hydrogens is 465 g/mol. The van der Waals surface area contributed by atoms with Gasteiger partial charge in [0.05, 0.1) is 11.6 Å². The number of hydrogen-bond donors (Lipinski definition) is 3. The molecule has 0 spiro atoms. The number of aromatic nitrogens is 2. The van der Waals surface area contributed by atoms with Gasteiger partial charge >= 0.3 is 0 Å². The number of rotatable bonds is 4. The van der Waals surface area contributed by atoms with E-state index in [-0.39, 0.29) is 34.5 Å². The van der Waals surface area contributed by atoms with Crippen LogP contribution in [0.2, 0.25) is 5.02 Å². The molecule has 2 aromatic carbocycles. The van der Waals surface area contributed by atoms with Crippen molar-refractivity contribution in [2.24, 2.45) is 5.92 Å². The van der Waals surface area contributed by atoms with Gasteiger partial charge in [-0.15, -0.1) is 0 Å². The van der Waals surface area contributed by atoms with Crippen molar-refractivity contribution in [3.63, 3.8) is 0 Å². The van der Waals surface area contributed by atoms with Crippen LogP contribution in [0.5, 0.6) is 11.5 Å². The van der Waals surface area contributed by atoms with E-state index < -0.39 is 29.1 Å². The van der Waals surface area contributed by atoms with Crippen LogP contribution in [0, 0.1) is 23.1 Å². The van der Waals surface area contributed by atoms with Gasteiger partial charge in [-0.05, 0) is 29.8 Å². The molecule has 2 aliphatic heterocycles. The molecule has 2 aliphatic rings. The highest BCUT2D eigenvalue weighted by Crippen LogP contribution is 2.41. The Hall–Kier alpha value is -4.10. The first kappa shape index (κ1) is 21.7. The lowest BCUT2D eigenvalue weighted by atomic mass is 9.79. The number of anilines is 2. The maximum atomic E-state index is 14.7. The molecule has 0 saturated carbocycles. The summed E-state index contributed by atoms with van der Waals surface area (Å²) in [5, 5.41) is 15.1. The summed E-state index contributed by atoms with van der Waals surface area (Å²) in [6.07, 6.45) is 0. The zero-order valence-corrected chi connectivity index (χ0v) is 18.3. The molecule has 9 nitrogen and oxygen atoms in total. The van der Waals surface area contributed by atoms with E-state index in [1.807, 2.05) is 18.2 Å². The highest BCUT2D eigenvalue weighted by Gasteiger charge is 2.42. The average molecular weight is 482 g/mol. The summed E-state index contributed by atoms with van der Waals surface area (Å²) in [4.78, 5) is 32.6. The number of hydrogen-bond acceptors (Lipinski definition) is 7. The quantitative estimate of drug-likeness (QED) is 0.522. The van der Waals surface area contributed by atoms with Crippen molar-refractivity contribution in [1.82, 2.24) is 9.97 Å². The van der Waals surface area contributed by atoms with E-state index in [4.69, 9.17) is 21.1 Å². The molecule has 0 radical (unpaired) electrons. The van der Waals surface area contributed by atoms with Gasteiger partial charge in [-0.25, -0.2) is 4.39 Å². The second kappa shape index (κ2) is 8.68. The lowest BCUT2D eigenvalue weighted by molar-refractivity contribution is -0.119. The molecule has 0 fully saturated rings. The normalized spacial score (nSPS) is 18.4. The second-order valence-electron chi connectivity index (χ2n) is 7.72. The number of ether oxygens (including phenoxy) is 2. The van der Waals surface area contributed by atoms with Crippen LogP contribution in [-0.4, -0.2) is 29.1 Å². The lowest BCUT2D eigenvalue weighted by Gasteiger charge is -2.29. The number of benzene rings is 2. The fourth-order valence-electron chi connectivity index (χ4n) is 4.10. The molecule has 172 valence electrons. The zero-order valence-electron chi connectivity index (χ0n) is 17.5. The van der Waals surface area contributed by atoms with Crippen molar-refractivity contribution < 1.29 is 18.7 Å². The Bertz CT molecular complexity index is 1380. The minimum absolute atomic E-state index is 0.00566. The van der Waals surface area contributed by atoms with Crippen LogP contribution in [0.15, 0.2) is 41.2 Å². The fraction of sp³-hybridized carbons (Fsp3) is 0.217. The molecule has 1 amide bonds. The van der Waals surface area contributed by atoms with E-state index in [1.165, 1.54) is 12.1 Å². The van der Waals surface area contributed by atoms with Gasteiger partial charge in [0.15, 0.2) is 11.5 Å². The van der Waals surface area contributed by atoms with E-state index in [1.54, 1.807) is 6.07 Å². The Morgan fingerprint density at radius 1 is 1.18 bits per heavy atom. The van der Waals surface area contributed by atoms with E-state index in [0.29, 0.717) is 24.7 Å². The minimum atomic E-state index is -1.36. The lowest BCUT2D eigenvalue weighted by Crippen LogP contribution is -2.38. The fourth-order valence-corrected chi connectivity index (χ4v) is 4.38. The molecule has 3 aromatic rings. The summed E-state index contributed by atoms with van der Waals surface area (Å²) < 4.78 is 25.8. The molecule has 5 rings (SSSR count). The highest BCUT2D eigenvalue weighted by atomic mass is 35.5. The van der Waals surface area contributed by atoms with Crippen LogP contribution in [0.1, 0.15) is 22.6 Å². The summed E-state index contributed by atoms with van der Waals surface area (Å²) in [5.74, 6) is -2.69. The standard InChI is InChI=1S/C23H17ClFN5O4/c24-13-2-1-3-14(25)18(13)17-12(9-26)21(31)28-20-19(17)22(32)30-23(29-20)27-10-11-4-5-15-16(8-11)34-7-6-33-15/h1-5,8,12,17H,6-7,10H2,(H3,27,28,29,30,31,32). The van der Waals surface area contributed by atoms with Crippen LogP contribution in [0.3, 0.4) is 0 Å². The monoisotopic (exact) mass is 481 g/mol. The Kier molecular flexibility index (Phi) is 5.55. The molecule has 3 heterocycles. The van der Waals surface area contributed by atoms with Crippen molar-refractivity contribution in [2.45, 2.75) is 12.5 Å². The summed E-state index contributed by atoms with van der Waals surface area (Å²) in [6, 6.07) is 11.3. The molecule has 0 aliphatic carbocycles. The maximum absolute atomic E-state index is 14.7. The number of nitrogens with zero attached hydrogens (tertiary/aromatic N) is 2. The van der Waals surface area contributed by atoms with Gasteiger partial charge in [-0.2, -0.15) is 10.2 Å². The predicted octanol–water partition coefficient (Wildman–Crippen LogP) is 3.17. The molecule has 2 unspecified atom stereocenters. The van der Waals surface area contributed by atoms with Crippen molar-refractivity contribution in [2.75, 3.05) is 23.8 Å². The number of carbonyl (C=O) groups is 1. The van der Waals surface area contributed by atoms with Crippen LogP contribution < -0.4 is 25.7 Å². The van der Waals surface area contributed by atoms with Crippen LogP contribution in [0.25, 0.3) is 0 Å². The average Bonchev–Trinajstić information content (AvgIpc) is 2.82. The van der Waals surface area contributed by atoms with Gasteiger partial charge in [0, 0.05) is 23.0 Å². The van der Waals surface area contributed by atoms with Crippen LogP contribution in [-0.2, 0) is 11.3 Å². The number of aromatic amines is 1. The predicted molar refractivity (Wildman–Crippen MR) is 121 cm³/mol. The molecule has 11 heteroatoms. The van der Waals surface area contributed by atoms with Crippen molar-refractivity contribution in [3.8, 4) is 17.6 Å². The van der Waals surface area contributed by atoms with Gasteiger partial charge in [0.2, 0.25) is 11.9 Å². The van der Waals surface area contributed by atoms with Crippen LogP contribution >= 0.6 is 11.6 Å². The number of halogens is 2. The van der Waals surface area contributed by atoms with Gasteiger partial charge in [0.25, 0.3) is 5.56 Å². The third-order valence-electron chi connectivity index (χ3n) is 5.64. The first-order chi connectivity index (χ1) is 16.5. The Morgan fingerprint density at radius 3 is 2.74 bits per heavy atom. The first-order valence-electron chi connectivity index (χ1n) is 10.4. The van der Waals surface area contributed by atoms with Crippen molar-refractivity contribution in [3.05, 3.63) is 74.3 Å². The number of nitrogens with one attached hydrogen (secondary N) is 3. The number of amides is 1. The Morgan fingerprint density at radius 2 is 1.97 bits per heavy atom. The molecule has 34 heavy (non-hydrogen) atoms. The van der Waals surface area contributed by atoms with E-state index in [0.717, 1.165) is 11.6 Å². The summed E-state index contributed by atoms with van der Waals surface area (Å²) in [6.45, 7) is 1.23. The summed E-state index contributed by atoms with van der Waals surface area (Å²) >= 11 is 6.21. The van der Waals surface area contributed by atoms with Gasteiger partial charge < -0.3 is 20.1 Å². The summed E-state index contributed by atoms with van der Waals surface area (Å²) in [7, 11) is 0. The number of fused-ring (bicyclic) bond motifs is 2. The summed E-state index contributed by atoms with van der Waals surface area (Å²) in [5.41, 5.74) is 0.0765. The third-order valence-corrected chi connectivity index (χ3v) is 5.97. The van der Waals surface area contributed by atoms with Gasteiger partial charge in [-0.3, -0.25) is 14.6 Å². The highest BCUT2D eigenvalue weighted by molar-refractivity contribution is 6.31. The molecule has 2 atom stereocenters. The SMILES string of the molecule is N#CC1C(=O)Nc2nc(NCc3ccc4c(c3)OCCO4)[nH]c(=O)c2C1c1c(F)cccc1Cl. The first-order valence-corrected chi connectivity index (χ1v) is 10.7. The van der Waals surface area contributed by atoms with E-state index in [9.17, 15) is 19.2 Å².